The number of thiocarbonyl (C=S) groups is 1. The van der Waals surface area contributed by atoms with Crippen LogP contribution in [0, 0.1) is 5.41 Å². The highest BCUT2D eigenvalue weighted by Crippen LogP contribution is 2.22. The average molecular weight is 254 g/mol. The van der Waals surface area contributed by atoms with Gasteiger partial charge in [-0.05, 0) is 38.6 Å². The van der Waals surface area contributed by atoms with Crippen molar-refractivity contribution in [3.8, 4) is 0 Å². The largest absolute Gasteiger partial charge is 0.468 e. The molecule has 0 aliphatic heterocycles. The molecule has 0 saturated carbocycles. The van der Waals surface area contributed by atoms with E-state index in [1.54, 1.807) is 6.26 Å². The molecule has 2 N–H and O–H groups in total. The summed E-state index contributed by atoms with van der Waals surface area (Å²) in [5.74, 6) is 1.00. The predicted octanol–water partition coefficient (Wildman–Crippen LogP) is 2.80. The van der Waals surface area contributed by atoms with Gasteiger partial charge in [0.1, 0.15) is 5.76 Å². The fourth-order valence-electron chi connectivity index (χ4n) is 1.66. The van der Waals surface area contributed by atoms with Crippen LogP contribution in [-0.2, 0) is 6.54 Å². The van der Waals surface area contributed by atoms with Gasteiger partial charge in [-0.2, -0.15) is 0 Å². The topological polar surface area (TPSA) is 42.4 Å². The van der Waals surface area contributed by atoms with Crippen molar-refractivity contribution in [3.05, 3.63) is 24.2 Å². The molecule has 0 fully saturated rings. The SMILES string of the molecule is CN(CCCC(C)(C)C(N)=S)Cc1ccco1. The highest BCUT2D eigenvalue weighted by molar-refractivity contribution is 7.80. The summed E-state index contributed by atoms with van der Waals surface area (Å²) in [5.41, 5.74) is 5.66. The van der Waals surface area contributed by atoms with Crippen molar-refractivity contribution < 1.29 is 4.42 Å². The zero-order chi connectivity index (χ0) is 12.9. The molecule has 4 heteroatoms. The normalized spacial score (nSPS) is 12.0. The van der Waals surface area contributed by atoms with Crippen molar-refractivity contribution in [1.82, 2.24) is 4.90 Å². The molecule has 3 nitrogen and oxygen atoms in total. The van der Waals surface area contributed by atoms with Crippen molar-refractivity contribution >= 4 is 17.2 Å². The lowest BCUT2D eigenvalue weighted by Gasteiger charge is -2.24. The van der Waals surface area contributed by atoms with Gasteiger partial charge in [-0.25, -0.2) is 0 Å². The Morgan fingerprint density at radius 3 is 2.76 bits per heavy atom. The maximum absolute atomic E-state index is 5.70. The Hall–Kier alpha value is -0.870. The van der Waals surface area contributed by atoms with Gasteiger partial charge in [-0.1, -0.05) is 26.1 Å². The number of nitrogens with two attached hydrogens (primary N) is 1. The van der Waals surface area contributed by atoms with Crippen LogP contribution in [0.5, 0.6) is 0 Å². The van der Waals surface area contributed by atoms with E-state index in [0.29, 0.717) is 4.99 Å². The fourth-order valence-corrected chi connectivity index (χ4v) is 1.76. The van der Waals surface area contributed by atoms with Gasteiger partial charge < -0.3 is 10.2 Å². The van der Waals surface area contributed by atoms with E-state index in [9.17, 15) is 0 Å². The van der Waals surface area contributed by atoms with E-state index in [-0.39, 0.29) is 5.41 Å². The molecule has 1 aromatic heterocycles. The molecule has 0 atom stereocenters. The number of rotatable bonds is 7. The van der Waals surface area contributed by atoms with Crippen molar-refractivity contribution in [2.75, 3.05) is 13.6 Å². The summed E-state index contributed by atoms with van der Waals surface area (Å²) >= 11 is 5.05. The molecule has 1 heterocycles. The first kappa shape index (κ1) is 14.2. The van der Waals surface area contributed by atoms with E-state index in [1.165, 1.54) is 0 Å². The van der Waals surface area contributed by atoms with Gasteiger partial charge in [0, 0.05) is 5.41 Å². The quantitative estimate of drug-likeness (QED) is 0.760. The molecule has 0 aliphatic rings. The molecule has 96 valence electrons. The van der Waals surface area contributed by atoms with Gasteiger partial charge in [0.25, 0.3) is 0 Å². The second-order valence-corrected chi connectivity index (χ2v) is 5.61. The van der Waals surface area contributed by atoms with Crippen LogP contribution in [0.1, 0.15) is 32.4 Å². The summed E-state index contributed by atoms with van der Waals surface area (Å²) in [7, 11) is 2.09. The standard InChI is InChI=1S/C13H22N2OS/c1-13(2,12(14)17)7-5-8-15(3)10-11-6-4-9-16-11/h4,6,9H,5,7-8,10H2,1-3H3,(H2,14,17). The molecule has 0 saturated heterocycles. The van der Waals surface area contributed by atoms with E-state index in [4.69, 9.17) is 22.4 Å². The van der Waals surface area contributed by atoms with Crippen LogP contribution < -0.4 is 5.73 Å². The van der Waals surface area contributed by atoms with Crippen molar-refractivity contribution in [2.45, 2.75) is 33.2 Å². The average Bonchev–Trinajstić information content (AvgIpc) is 2.69. The lowest BCUT2D eigenvalue weighted by molar-refractivity contribution is 0.277. The third-order valence-electron chi connectivity index (χ3n) is 3.01. The molecule has 0 radical (unpaired) electrons. The molecule has 0 spiro atoms. The minimum atomic E-state index is -0.0408. The highest BCUT2D eigenvalue weighted by atomic mass is 32.1. The molecule has 0 aromatic carbocycles. The number of hydrogen-bond acceptors (Lipinski definition) is 3. The summed E-state index contributed by atoms with van der Waals surface area (Å²) in [4.78, 5) is 2.85. The Kier molecular flexibility index (Phi) is 5.15. The Bertz CT molecular complexity index is 346. The molecule has 17 heavy (non-hydrogen) atoms. The van der Waals surface area contributed by atoms with E-state index in [1.807, 2.05) is 12.1 Å². The van der Waals surface area contributed by atoms with Crippen LogP contribution in [-0.4, -0.2) is 23.5 Å². The summed E-state index contributed by atoms with van der Waals surface area (Å²) < 4.78 is 5.31. The zero-order valence-corrected chi connectivity index (χ0v) is 11.7. The van der Waals surface area contributed by atoms with Crippen LogP contribution in [0.15, 0.2) is 22.8 Å². The van der Waals surface area contributed by atoms with Crippen molar-refractivity contribution in [1.29, 1.82) is 0 Å². The second-order valence-electron chi connectivity index (χ2n) is 5.17. The van der Waals surface area contributed by atoms with Gasteiger partial charge in [-0.3, -0.25) is 4.90 Å². The Morgan fingerprint density at radius 1 is 1.53 bits per heavy atom. The minimum absolute atomic E-state index is 0.0408. The zero-order valence-electron chi connectivity index (χ0n) is 10.9. The highest BCUT2D eigenvalue weighted by Gasteiger charge is 2.20. The van der Waals surface area contributed by atoms with Gasteiger partial charge in [-0.15, -0.1) is 0 Å². The number of nitrogens with zero attached hydrogens (tertiary/aromatic N) is 1. The molecule has 0 amide bonds. The van der Waals surface area contributed by atoms with Crippen molar-refractivity contribution in [2.24, 2.45) is 11.1 Å². The summed E-state index contributed by atoms with van der Waals surface area (Å²) in [5, 5.41) is 0. The smallest absolute Gasteiger partial charge is 0.117 e. The minimum Gasteiger partial charge on any atom is -0.468 e. The van der Waals surface area contributed by atoms with E-state index in [2.05, 4.69) is 25.8 Å². The van der Waals surface area contributed by atoms with E-state index in [0.717, 1.165) is 31.7 Å². The van der Waals surface area contributed by atoms with E-state index >= 15 is 0 Å². The first-order valence-electron chi connectivity index (χ1n) is 5.92. The molecule has 0 aliphatic carbocycles. The van der Waals surface area contributed by atoms with Crippen LogP contribution >= 0.6 is 12.2 Å². The first-order chi connectivity index (χ1) is 7.92. The third kappa shape index (κ3) is 4.88. The summed E-state index contributed by atoms with van der Waals surface area (Å²) in [6.45, 7) is 6.07. The summed E-state index contributed by atoms with van der Waals surface area (Å²) in [6.07, 6.45) is 3.81. The maximum atomic E-state index is 5.70. The van der Waals surface area contributed by atoms with Gasteiger partial charge >= 0.3 is 0 Å². The van der Waals surface area contributed by atoms with Crippen molar-refractivity contribution in [3.63, 3.8) is 0 Å². The number of furan rings is 1. The van der Waals surface area contributed by atoms with Crippen LogP contribution in [0.25, 0.3) is 0 Å². The summed E-state index contributed by atoms with van der Waals surface area (Å²) in [6, 6.07) is 3.91. The lowest BCUT2D eigenvalue weighted by atomic mass is 9.88. The molecule has 0 unspecified atom stereocenters. The monoisotopic (exact) mass is 254 g/mol. The molecular formula is C13H22N2OS. The molecular weight excluding hydrogens is 232 g/mol. The first-order valence-corrected chi connectivity index (χ1v) is 6.33. The Balaban J connectivity index is 2.25. The Morgan fingerprint density at radius 2 is 2.24 bits per heavy atom. The van der Waals surface area contributed by atoms with Gasteiger partial charge in [0.15, 0.2) is 0 Å². The van der Waals surface area contributed by atoms with Crippen LogP contribution in [0.3, 0.4) is 0 Å². The maximum Gasteiger partial charge on any atom is 0.117 e. The lowest BCUT2D eigenvalue weighted by Crippen LogP contribution is -2.30. The molecule has 0 bridgehead atoms. The number of hydrogen-bond donors (Lipinski definition) is 1. The van der Waals surface area contributed by atoms with Crippen LogP contribution in [0.2, 0.25) is 0 Å². The van der Waals surface area contributed by atoms with Gasteiger partial charge in [0.2, 0.25) is 0 Å². The van der Waals surface area contributed by atoms with Gasteiger partial charge in [0.05, 0.1) is 17.8 Å². The fraction of sp³-hybridized carbons (Fsp3) is 0.615. The molecule has 1 rings (SSSR count). The third-order valence-corrected chi connectivity index (χ3v) is 3.57. The predicted molar refractivity (Wildman–Crippen MR) is 74.8 cm³/mol. The van der Waals surface area contributed by atoms with E-state index < -0.39 is 0 Å². The Labute approximate surface area is 109 Å². The molecule has 1 aromatic rings. The second kappa shape index (κ2) is 6.17. The van der Waals surface area contributed by atoms with Crippen LogP contribution in [0.4, 0.5) is 0 Å².